The number of aromatic nitrogens is 2. The van der Waals surface area contributed by atoms with Gasteiger partial charge in [0.1, 0.15) is 11.6 Å². The average Bonchev–Trinajstić information content (AvgIpc) is 2.96. The zero-order valence-electron chi connectivity index (χ0n) is 11.3. The first-order chi connectivity index (χ1) is 10.2. The maximum absolute atomic E-state index is 11.0. The molecule has 0 aliphatic heterocycles. The van der Waals surface area contributed by atoms with Crippen molar-refractivity contribution in [3.05, 3.63) is 46.3 Å². The molecular weight excluding hydrogens is 362 g/mol. The molecular formula is C12H12BrN3O6. The van der Waals surface area contributed by atoms with Gasteiger partial charge in [0.25, 0.3) is 0 Å². The van der Waals surface area contributed by atoms with E-state index in [1.165, 1.54) is 37.5 Å². The molecule has 10 heteroatoms. The van der Waals surface area contributed by atoms with Crippen molar-refractivity contribution in [2.45, 2.75) is 11.8 Å². The van der Waals surface area contributed by atoms with Gasteiger partial charge in [-0.15, -0.1) is 0 Å². The molecule has 3 N–H and O–H groups in total. The van der Waals surface area contributed by atoms with E-state index in [0.717, 1.165) is 0 Å². The van der Waals surface area contributed by atoms with Crippen LogP contribution in [0.25, 0.3) is 0 Å². The number of carbonyl (C=O) groups is 2. The van der Waals surface area contributed by atoms with Crippen molar-refractivity contribution >= 4 is 33.8 Å². The molecule has 2 rings (SSSR count). The number of alkyl halides is 1. The van der Waals surface area contributed by atoms with Gasteiger partial charge < -0.3 is 20.3 Å². The van der Waals surface area contributed by atoms with Gasteiger partial charge in [-0.25, -0.2) is 9.78 Å². The third-order valence-electron chi connectivity index (χ3n) is 2.88. The molecule has 1 aromatic rings. The number of carboxylic acids is 2. The summed E-state index contributed by atoms with van der Waals surface area (Å²) in [6.07, 6.45) is 7.05. The summed E-state index contributed by atoms with van der Waals surface area (Å²) in [6, 6.07) is 0. The Bertz CT molecular complexity index is 639. The largest absolute Gasteiger partial charge is 0.481 e. The number of imidazole rings is 1. The topological polar surface area (TPSA) is 146 Å². The van der Waals surface area contributed by atoms with Gasteiger partial charge >= 0.3 is 17.9 Å². The standard InChI is InChI=1S/C9H9BrO4.C3H3N3O2/c1-9(8(13)14)4-2-3-5(6(9)10)7(11)12;7-6(8)3-4-1-2-5-3/h2-4,6H,1H3,(H,11,12)(H,13,14);1-2H,(H,4,5). The van der Waals surface area contributed by atoms with Crippen LogP contribution in [-0.4, -0.2) is 41.9 Å². The van der Waals surface area contributed by atoms with E-state index >= 15 is 0 Å². The third kappa shape index (κ3) is 3.79. The molecule has 9 nitrogen and oxygen atoms in total. The fraction of sp³-hybridized carbons (Fsp3) is 0.250. The van der Waals surface area contributed by atoms with Gasteiger partial charge in [0, 0.05) is 0 Å². The Morgan fingerprint density at radius 2 is 2.14 bits per heavy atom. The quantitative estimate of drug-likeness (QED) is 0.415. The number of nitrogens with zero attached hydrogens (tertiary/aromatic N) is 2. The van der Waals surface area contributed by atoms with Crippen molar-refractivity contribution in [1.29, 1.82) is 0 Å². The van der Waals surface area contributed by atoms with Crippen LogP contribution in [-0.2, 0) is 9.59 Å². The maximum atomic E-state index is 11.0. The second-order valence-corrected chi connectivity index (χ2v) is 5.32. The van der Waals surface area contributed by atoms with Crippen LogP contribution < -0.4 is 0 Å². The zero-order valence-corrected chi connectivity index (χ0v) is 12.8. The SMILES string of the molecule is CC1(C(=O)O)C=CC=C(C(=O)O)C1Br.O=[N+]([O-])c1ncc[nH]1. The highest BCUT2D eigenvalue weighted by atomic mass is 79.9. The Balaban J connectivity index is 0.000000255. The molecule has 2 atom stereocenters. The normalized spacial score (nSPS) is 23.0. The number of rotatable bonds is 3. The fourth-order valence-corrected chi connectivity index (χ4v) is 2.26. The van der Waals surface area contributed by atoms with Crippen LogP contribution in [0.15, 0.2) is 36.2 Å². The number of halogens is 1. The smallest absolute Gasteiger partial charge is 0.432 e. The molecule has 0 radical (unpaired) electrons. The van der Waals surface area contributed by atoms with Crippen molar-refractivity contribution in [3.8, 4) is 0 Å². The molecule has 0 aromatic carbocycles. The lowest BCUT2D eigenvalue weighted by molar-refractivity contribution is -0.393. The van der Waals surface area contributed by atoms with Gasteiger partial charge in [0.15, 0.2) is 0 Å². The van der Waals surface area contributed by atoms with Crippen molar-refractivity contribution < 1.29 is 24.7 Å². The average molecular weight is 374 g/mol. The number of allylic oxidation sites excluding steroid dienone is 2. The van der Waals surface area contributed by atoms with E-state index in [2.05, 4.69) is 25.9 Å². The van der Waals surface area contributed by atoms with Gasteiger partial charge in [-0.3, -0.25) is 4.79 Å². The van der Waals surface area contributed by atoms with Gasteiger partial charge in [-0.2, -0.15) is 0 Å². The number of aromatic amines is 1. The lowest BCUT2D eigenvalue weighted by Gasteiger charge is -2.29. The number of hydrogen-bond donors (Lipinski definition) is 3. The van der Waals surface area contributed by atoms with E-state index in [4.69, 9.17) is 10.2 Å². The van der Waals surface area contributed by atoms with E-state index in [1.807, 2.05) is 0 Å². The Labute approximate surface area is 132 Å². The Kier molecular flexibility index (Phi) is 5.57. The number of H-pyrrole nitrogens is 1. The summed E-state index contributed by atoms with van der Waals surface area (Å²) >= 11 is 3.10. The number of nitrogens with one attached hydrogen (secondary N) is 1. The van der Waals surface area contributed by atoms with Crippen LogP contribution in [0.1, 0.15) is 6.92 Å². The molecule has 1 aliphatic carbocycles. The molecule has 1 aromatic heterocycles. The second-order valence-electron chi connectivity index (χ2n) is 4.41. The fourth-order valence-electron chi connectivity index (χ4n) is 1.56. The van der Waals surface area contributed by atoms with Crippen LogP contribution in [0.3, 0.4) is 0 Å². The molecule has 0 spiro atoms. The van der Waals surface area contributed by atoms with Crippen LogP contribution in [0.5, 0.6) is 0 Å². The maximum Gasteiger partial charge on any atom is 0.432 e. The molecule has 0 bridgehead atoms. The minimum atomic E-state index is -1.21. The van der Waals surface area contributed by atoms with E-state index in [-0.39, 0.29) is 11.5 Å². The minimum absolute atomic E-state index is 0.0531. The summed E-state index contributed by atoms with van der Waals surface area (Å²) < 4.78 is 0. The van der Waals surface area contributed by atoms with Gasteiger partial charge in [0.05, 0.1) is 16.6 Å². The summed E-state index contributed by atoms with van der Waals surface area (Å²) in [4.78, 5) is 35.9. The monoisotopic (exact) mass is 373 g/mol. The highest BCUT2D eigenvalue weighted by Gasteiger charge is 2.43. The van der Waals surface area contributed by atoms with Crippen molar-refractivity contribution in [3.63, 3.8) is 0 Å². The van der Waals surface area contributed by atoms with Crippen LogP contribution in [0.2, 0.25) is 0 Å². The molecule has 0 saturated heterocycles. The first kappa shape index (κ1) is 17.6. The molecule has 1 heterocycles. The number of hydrogen-bond acceptors (Lipinski definition) is 5. The second kappa shape index (κ2) is 6.98. The molecule has 1 aliphatic rings. The van der Waals surface area contributed by atoms with E-state index in [9.17, 15) is 19.7 Å². The lowest BCUT2D eigenvalue weighted by atomic mass is 9.80. The summed E-state index contributed by atoms with van der Waals surface area (Å²) in [6.45, 7) is 1.47. The Morgan fingerprint density at radius 3 is 2.50 bits per heavy atom. The summed E-state index contributed by atoms with van der Waals surface area (Å²) in [7, 11) is 0. The molecule has 22 heavy (non-hydrogen) atoms. The van der Waals surface area contributed by atoms with Crippen molar-refractivity contribution in [2.24, 2.45) is 5.41 Å². The number of aliphatic carboxylic acids is 2. The van der Waals surface area contributed by atoms with Gasteiger partial charge in [-0.1, -0.05) is 39.1 Å². The Hall–Kier alpha value is -2.49. The zero-order chi connectivity index (χ0) is 16.9. The first-order valence-electron chi connectivity index (χ1n) is 5.84. The van der Waals surface area contributed by atoms with Gasteiger partial charge in [0.2, 0.25) is 0 Å². The highest BCUT2D eigenvalue weighted by Crippen LogP contribution is 2.37. The number of nitro groups is 1. The number of carboxylic acid groups (broad SMARTS) is 2. The van der Waals surface area contributed by atoms with Crippen molar-refractivity contribution in [1.82, 2.24) is 9.97 Å². The summed E-state index contributed by atoms with van der Waals surface area (Å²) in [5, 5.41) is 27.5. The molecule has 118 valence electrons. The van der Waals surface area contributed by atoms with Crippen molar-refractivity contribution in [2.75, 3.05) is 0 Å². The summed E-state index contributed by atoms with van der Waals surface area (Å²) in [5.74, 6) is -2.38. The van der Waals surface area contributed by atoms with E-state index < -0.39 is 27.1 Å². The van der Waals surface area contributed by atoms with Crippen LogP contribution in [0.4, 0.5) is 5.95 Å². The van der Waals surface area contributed by atoms with Crippen LogP contribution >= 0.6 is 15.9 Å². The molecule has 2 unspecified atom stereocenters. The Morgan fingerprint density at radius 1 is 1.50 bits per heavy atom. The van der Waals surface area contributed by atoms with E-state index in [0.29, 0.717) is 0 Å². The predicted molar refractivity (Wildman–Crippen MR) is 78.6 cm³/mol. The highest BCUT2D eigenvalue weighted by molar-refractivity contribution is 9.09. The summed E-state index contributed by atoms with van der Waals surface area (Å²) in [5.41, 5.74) is -1.15. The lowest BCUT2D eigenvalue weighted by Crippen LogP contribution is -2.38. The predicted octanol–water partition coefficient (Wildman–Crippen LogP) is 1.74. The first-order valence-corrected chi connectivity index (χ1v) is 6.75. The third-order valence-corrected chi connectivity index (χ3v) is 4.33. The van der Waals surface area contributed by atoms with Crippen LogP contribution in [0, 0.1) is 15.5 Å². The van der Waals surface area contributed by atoms with E-state index in [1.54, 1.807) is 0 Å². The molecule has 0 fully saturated rings. The minimum Gasteiger partial charge on any atom is -0.481 e. The molecule has 0 saturated carbocycles. The molecule has 0 amide bonds. The van der Waals surface area contributed by atoms with Gasteiger partial charge in [-0.05, 0) is 11.8 Å².